The zero-order valence-electron chi connectivity index (χ0n) is 16.4. The number of aromatic nitrogens is 3. The van der Waals surface area contributed by atoms with Gasteiger partial charge in [0.05, 0.1) is 24.5 Å². The summed E-state index contributed by atoms with van der Waals surface area (Å²) >= 11 is 0. The Hall–Kier alpha value is -2.54. The first-order valence-corrected chi connectivity index (χ1v) is 9.64. The molecule has 0 bridgehead atoms. The van der Waals surface area contributed by atoms with E-state index < -0.39 is 0 Å². The van der Waals surface area contributed by atoms with Crippen molar-refractivity contribution in [1.29, 1.82) is 0 Å². The van der Waals surface area contributed by atoms with E-state index in [0.29, 0.717) is 12.4 Å². The van der Waals surface area contributed by atoms with Crippen LogP contribution in [0.5, 0.6) is 0 Å². The lowest BCUT2D eigenvalue weighted by molar-refractivity contribution is -0.132. The zero-order valence-corrected chi connectivity index (χ0v) is 16.4. The van der Waals surface area contributed by atoms with Crippen molar-refractivity contribution in [2.45, 2.75) is 39.7 Å². The molecular formula is C20H28N6O. The summed E-state index contributed by atoms with van der Waals surface area (Å²) < 4.78 is 0. The van der Waals surface area contributed by atoms with E-state index in [1.54, 1.807) is 18.6 Å². The van der Waals surface area contributed by atoms with E-state index in [1.165, 1.54) is 0 Å². The first-order chi connectivity index (χ1) is 13.1. The predicted octanol–water partition coefficient (Wildman–Crippen LogP) is 2.93. The minimum absolute atomic E-state index is 0.173. The minimum atomic E-state index is 0.173. The van der Waals surface area contributed by atoms with Crippen molar-refractivity contribution >= 4 is 17.4 Å². The maximum Gasteiger partial charge on any atom is 0.236 e. The molecule has 27 heavy (non-hydrogen) atoms. The summed E-state index contributed by atoms with van der Waals surface area (Å²) in [5.41, 5.74) is 2.90. The number of likely N-dealkylation sites (tertiary alicyclic amines) is 1. The molecule has 3 rings (SSSR count). The van der Waals surface area contributed by atoms with Gasteiger partial charge in [0, 0.05) is 36.9 Å². The molecule has 1 fully saturated rings. The van der Waals surface area contributed by atoms with Gasteiger partial charge in [-0.15, -0.1) is 0 Å². The number of hydrogen-bond acceptors (Lipinski definition) is 6. The van der Waals surface area contributed by atoms with Crippen molar-refractivity contribution in [3.8, 4) is 0 Å². The first kappa shape index (κ1) is 19.2. The highest BCUT2D eigenvalue weighted by molar-refractivity contribution is 5.78. The molecule has 0 saturated carbocycles. The normalized spacial score (nSPS) is 17.1. The SMILES string of the molecule is CCN(CC)C(=O)CN1CCCC1c1cc(Nc2cnccn2)cc(C)n1. The van der Waals surface area contributed by atoms with Gasteiger partial charge in [-0.25, -0.2) is 4.98 Å². The Balaban J connectivity index is 1.77. The standard InChI is InChI=1S/C20H28N6O/c1-4-25(5-2)20(27)14-26-10-6-7-18(26)17-12-16(11-15(3)23-17)24-19-13-21-8-9-22-19/h8-9,11-13,18H,4-7,10,14H2,1-3H3,(H,22,23,24). The third-order valence-electron chi connectivity index (χ3n) is 4.97. The van der Waals surface area contributed by atoms with Gasteiger partial charge in [-0.1, -0.05) is 0 Å². The second kappa shape index (κ2) is 8.90. The number of nitrogens with one attached hydrogen (secondary N) is 1. The molecule has 7 heteroatoms. The monoisotopic (exact) mass is 368 g/mol. The van der Waals surface area contributed by atoms with Crippen LogP contribution < -0.4 is 5.32 Å². The van der Waals surface area contributed by atoms with Crippen LogP contribution in [0, 0.1) is 6.92 Å². The Morgan fingerprint density at radius 3 is 2.81 bits per heavy atom. The van der Waals surface area contributed by atoms with Crippen LogP contribution in [0.3, 0.4) is 0 Å². The highest BCUT2D eigenvalue weighted by Gasteiger charge is 2.30. The third-order valence-corrected chi connectivity index (χ3v) is 4.97. The molecule has 1 aliphatic rings. The van der Waals surface area contributed by atoms with Gasteiger partial charge in [-0.3, -0.25) is 19.7 Å². The van der Waals surface area contributed by atoms with E-state index in [4.69, 9.17) is 4.98 Å². The van der Waals surface area contributed by atoms with Crippen molar-refractivity contribution < 1.29 is 4.79 Å². The molecule has 1 aliphatic heterocycles. The Bertz CT molecular complexity index is 762. The van der Waals surface area contributed by atoms with E-state index in [2.05, 4.69) is 26.3 Å². The van der Waals surface area contributed by atoms with Crippen LogP contribution >= 0.6 is 0 Å². The van der Waals surface area contributed by atoms with Crippen LogP contribution in [0.1, 0.15) is 44.1 Å². The van der Waals surface area contributed by atoms with Crippen molar-refractivity contribution in [3.05, 3.63) is 42.1 Å². The number of aryl methyl sites for hydroxylation is 1. The molecule has 2 aromatic heterocycles. The van der Waals surface area contributed by atoms with E-state index >= 15 is 0 Å². The lowest BCUT2D eigenvalue weighted by atomic mass is 10.1. The van der Waals surface area contributed by atoms with Gasteiger partial charge in [-0.2, -0.15) is 0 Å². The number of pyridine rings is 1. The molecule has 1 atom stereocenters. The number of carbonyl (C=O) groups is 1. The van der Waals surface area contributed by atoms with E-state index in [1.807, 2.05) is 31.7 Å². The number of amides is 1. The molecule has 1 amide bonds. The summed E-state index contributed by atoms with van der Waals surface area (Å²) in [5, 5.41) is 3.29. The summed E-state index contributed by atoms with van der Waals surface area (Å²) in [7, 11) is 0. The van der Waals surface area contributed by atoms with Crippen LogP contribution in [-0.2, 0) is 4.79 Å². The summed E-state index contributed by atoms with van der Waals surface area (Å²) in [6.07, 6.45) is 7.11. The molecular weight excluding hydrogens is 340 g/mol. The van der Waals surface area contributed by atoms with Crippen LogP contribution in [0.4, 0.5) is 11.5 Å². The fourth-order valence-electron chi connectivity index (χ4n) is 3.65. The molecule has 144 valence electrons. The van der Waals surface area contributed by atoms with E-state index in [0.717, 1.165) is 49.6 Å². The summed E-state index contributed by atoms with van der Waals surface area (Å²) in [5.74, 6) is 0.895. The first-order valence-electron chi connectivity index (χ1n) is 9.64. The molecule has 0 spiro atoms. The average molecular weight is 368 g/mol. The fraction of sp³-hybridized carbons (Fsp3) is 0.500. The molecule has 0 aliphatic carbocycles. The average Bonchev–Trinajstić information content (AvgIpc) is 3.11. The van der Waals surface area contributed by atoms with Crippen molar-refractivity contribution in [2.75, 3.05) is 31.5 Å². The van der Waals surface area contributed by atoms with Crippen LogP contribution in [-0.4, -0.2) is 56.8 Å². The second-order valence-electron chi connectivity index (χ2n) is 6.83. The number of likely N-dealkylation sites (N-methyl/N-ethyl adjacent to an activating group) is 1. The topological polar surface area (TPSA) is 74.2 Å². The second-order valence-corrected chi connectivity index (χ2v) is 6.83. The molecule has 7 nitrogen and oxygen atoms in total. The Morgan fingerprint density at radius 1 is 1.30 bits per heavy atom. The number of nitrogens with zero attached hydrogens (tertiary/aromatic N) is 5. The lowest BCUT2D eigenvalue weighted by Gasteiger charge is -2.27. The number of carbonyl (C=O) groups excluding carboxylic acids is 1. The zero-order chi connectivity index (χ0) is 19.2. The molecule has 2 aromatic rings. The highest BCUT2D eigenvalue weighted by atomic mass is 16.2. The van der Waals surface area contributed by atoms with Gasteiger partial charge >= 0.3 is 0 Å². The summed E-state index contributed by atoms with van der Waals surface area (Å²) in [4.78, 5) is 29.8. The summed E-state index contributed by atoms with van der Waals surface area (Å²) in [6.45, 7) is 8.93. The smallest absolute Gasteiger partial charge is 0.236 e. The number of anilines is 2. The number of rotatable bonds is 7. The highest BCUT2D eigenvalue weighted by Crippen LogP contribution is 2.32. The molecule has 1 unspecified atom stereocenters. The van der Waals surface area contributed by atoms with Crippen molar-refractivity contribution in [2.24, 2.45) is 0 Å². The van der Waals surface area contributed by atoms with E-state index in [9.17, 15) is 4.79 Å². The molecule has 3 heterocycles. The van der Waals surface area contributed by atoms with Gasteiger partial charge in [0.25, 0.3) is 0 Å². The fourth-order valence-corrected chi connectivity index (χ4v) is 3.65. The van der Waals surface area contributed by atoms with Crippen molar-refractivity contribution in [1.82, 2.24) is 24.8 Å². The van der Waals surface area contributed by atoms with Crippen LogP contribution in [0.2, 0.25) is 0 Å². The lowest BCUT2D eigenvalue weighted by Crippen LogP contribution is -2.40. The van der Waals surface area contributed by atoms with Gasteiger partial charge in [-0.05, 0) is 52.3 Å². The Labute approximate surface area is 160 Å². The van der Waals surface area contributed by atoms with Gasteiger partial charge in [0.2, 0.25) is 5.91 Å². The molecule has 0 aromatic carbocycles. The van der Waals surface area contributed by atoms with E-state index in [-0.39, 0.29) is 11.9 Å². The van der Waals surface area contributed by atoms with Crippen LogP contribution in [0.25, 0.3) is 0 Å². The predicted molar refractivity (Wildman–Crippen MR) is 106 cm³/mol. The Kier molecular flexibility index (Phi) is 6.34. The summed E-state index contributed by atoms with van der Waals surface area (Å²) in [6, 6.07) is 4.23. The number of hydrogen-bond donors (Lipinski definition) is 1. The maximum absolute atomic E-state index is 12.5. The maximum atomic E-state index is 12.5. The van der Waals surface area contributed by atoms with Gasteiger partial charge in [0.1, 0.15) is 5.82 Å². The third kappa shape index (κ3) is 4.80. The van der Waals surface area contributed by atoms with Gasteiger partial charge in [0.15, 0.2) is 0 Å². The quantitative estimate of drug-likeness (QED) is 0.810. The molecule has 0 radical (unpaired) electrons. The molecule has 1 saturated heterocycles. The minimum Gasteiger partial charge on any atom is -0.342 e. The van der Waals surface area contributed by atoms with Crippen molar-refractivity contribution in [3.63, 3.8) is 0 Å². The van der Waals surface area contributed by atoms with Gasteiger partial charge < -0.3 is 10.2 Å². The van der Waals surface area contributed by atoms with Crippen LogP contribution in [0.15, 0.2) is 30.7 Å². The Morgan fingerprint density at radius 2 is 2.11 bits per heavy atom. The largest absolute Gasteiger partial charge is 0.342 e. The molecule has 1 N–H and O–H groups in total.